The first-order valence-corrected chi connectivity index (χ1v) is 13.9. The van der Waals surface area contributed by atoms with E-state index in [9.17, 15) is 8.42 Å². The second-order valence-corrected chi connectivity index (χ2v) is 12.1. The molecule has 1 saturated heterocycles. The highest BCUT2D eigenvalue weighted by Crippen LogP contribution is 2.69. The van der Waals surface area contributed by atoms with Gasteiger partial charge in [0.2, 0.25) is 0 Å². The van der Waals surface area contributed by atoms with Crippen molar-refractivity contribution in [1.29, 1.82) is 0 Å². The smallest absolute Gasteiger partial charge is 0.309 e. The number of hydrogen-bond acceptors (Lipinski definition) is 4. The quantitative estimate of drug-likeness (QED) is 0.287. The zero-order valence-electron chi connectivity index (χ0n) is 17.9. The van der Waals surface area contributed by atoms with Crippen LogP contribution in [0.3, 0.4) is 0 Å². The van der Waals surface area contributed by atoms with Crippen LogP contribution < -0.4 is 9.50 Å². The number of thiocarbonyl (C=S) groups is 1. The van der Waals surface area contributed by atoms with Gasteiger partial charge < -0.3 is 9.50 Å². The second kappa shape index (κ2) is 7.96. The number of allylic oxidation sites excluding steroid dienone is 1. The van der Waals surface area contributed by atoms with Gasteiger partial charge in [-0.2, -0.15) is 8.42 Å². The van der Waals surface area contributed by atoms with E-state index >= 15 is 0 Å². The maximum Gasteiger partial charge on any atom is 0.309 e. The van der Waals surface area contributed by atoms with Gasteiger partial charge in [-0.3, -0.25) is 0 Å². The fraction of sp³-hybridized carbons (Fsp3) is 0.400. The molecule has 0 aromatic heterocycles. The standard InChI is InChI=1S/C25H26BrNO3S2/c1-2-14-32(28,29)30-20-11-9-17(10-12-20)25(18-6-5-7-19(26)15-18)22-8-3-4-13-24(22)16-21(24)23(31)27-25/h5-12,15,21H,2-4,13-14,16H2,1H3,(H,27,31). The highest BCUT2D eigenvalue weighted by atomic mass is 79.9. The Balaban J connectivity index is 1.64. The Labute approximate surface area is 203 Å². The molecule has 3 aliphatic rings. The van der Waals surface area contributed by atoms with E-state index in [0.717, 1.165) is 39.9 Å². The largest absolute Gasteiger partial charge is 0.382 e. The Kier molecular flexibility index (Phi) is 5.50. The van der Waals surface area contributed by atoms with E-state index < -0.39 is 15.7 Å². The number of nitrogens with one attached hydrogen (secondary N) is 1. The summed E-state index contributed by atoms with van der Waals surface area (Å²) in [6, 6.07) is 15.8. The summed E-state index contributed by atoms with van der Waals surface area (Å²) in [7, 11) is -3.58. The topological polar surface area (TPSA) is 55.4 Å². The van der Waals surface area contributed by atoms with Crippen molar-refractivity contribution in [2.24, 2.45) is 11.3 Å². The zero-order valence-corrected chi connectivity index (χ0v) is 21.2. The Morgan fingerprint density at radius 1 is 1.19 bits per heavy atom. The molecule has 7 heteroatoms. The van der Waals surface area contributed by atoms with E-state index in [4.69, 9.17) is 16.4 Å². The van der Waals surface area contributed by atoms with Gasteiger partial charge in [0.25, 0.3) is 0 Å². The van der Waals surface area contributed by atoms with E-state index in [-0.39, 0.29) is 11.2 Å². The maximum absolute atomic E-state index is 12.1. The van der Waals surface area contributed by atoms with Crippen LogP contribution >= 0.6 is 28.1 Å². The molecule has 1 spiro atoms. The van der Waals surface area contributed by atoms with E-state index in [1.54, 1.807) is 12.1 Å². The summed E-state index contributed by atoms with van der Waals surface area (Å²) in [5.74, 6) is 0.760. The monoisotopic (exact) mass is 531 g/mol. The molecule has 4 nitrogen and oxygen atoms in total. The lowest BCUT2D eigenvalue weighted by atomic mass is 9.64. The van der Waals surface area contributed by atoms with Crippen LogP contribution in [0.15, 0.2) is 64.7 Å². The van der Waals surface area contributed by atoms with E-state index in [2.05, 4.69) is 45.5 Å². The minimum atomic E-state index is -3.58. The van der Waals surface area contributed by atoms with Crippen molar-refractivity contribution >= 4 is 43.3 Å². The molecule has 168 valence electrons. The van der Waals surface area contributed by atoms with Gasteiger partial charge in [0.05, 0.1) is 10.7 Å². The molecule has 1 saturated carbocycles. The molecule has 2 aliphatic carbocycles. The second-order valence-electron chi connectivity index (χ2n) is 9.04. The molecule has 1 heterocycles. The minimum Gasteiger partial charge on any atom is -0.382 e. The Morgan fingerprint density at radius 3 is 2.69 bits per heavy atom. The lowest BCUT2D eigenvalue weighted by Crippen LogP contribution is -2.54. The van der Waals surface area contributed by atoms with Crippen LogP contribution in [-0.2, 0) is 15.7 Å². The Hall–Kier alpha value is -1.70. The molecule has 2 aromatic carbocycles. The summed E-state index contributed by atoms with van der Waals surface area (Å²) in [5.41, 5.74) is 3.13. The molecular weight excluding hydrogens is 506 g/mol. The minimum absolute atomic E-state index is 0.00332. The molecule has 0 bridgehead atoms. The van der Waals surface area contributed by atoms with Crippen LogP contribution in [-0.4, -0.2) is 19.2 Å². The summed E-state index contributed by atoms with van der Waals surface area (Å²) in [6.07, 6.45) is 7.46. The van der Waals surface area contributed by atoms with Gasteiger partial charge in [0.1, 0.15) is 11.3 Å². The fourth-order valence-electron chi connectivity index (χ4n) is 5.63. The third kappa shape index (κ3) is 3.53. The highest BCUT2D eigenvalue weighted by Gasteiger charge is 2.67. The van der Waals surface area contributed by atoms with E-state index in [1.165, 1.54) is 12.0 Å². The lowest BCUT2D eigenvalue weighted by Gasteiger charge is -2.48. The predicted octanol–water partition coefficient (Wildman–Crippen LogP) is 5.86. The van der Waals surface area contributed by atoms with Gasteiger partial charge in [0.15, 0.2) is 0 Å². The van der Waals surface area contributed by atoms with Gasteiger partial charge in [-0.25, -0.2) is 0 Å². The number of benzene rings is 2. The van der Waals surface area contributed by atoms with Gasteiger partial charge in [-0.15, -0.1) is 0 Å². The van der Waals surface area contributed by atoms with Crippen molar-refractivity contribution in [3.8, 4) is 5.75 Å². The van der Waals surface area contributed by atoms with Crippen LogP contribution in [0, 0.1) is 11.3 Å². The molecule has 1 N–H and O–H groups in total. The van der Waals surface area contributed by atoms with Crippen LogP contribution in [0.5, 0.6) is 5.75 Å². The van der Waals surface area contributed by atoms with Crippen molar-refractivity contribution < 1.29 is 12.6 Å². The van der Waals surface area contributed by atoms with Gasteiger partial charge in [0, 0.05) is 15.8 Å². The molecule has 2 fully saturated rings. The van der Waals surface area contributed by atoms with E-state index in [0.29, 0.717) is 18.1 Å². The lowest BCUT2D eigenvalue weighted by molar-refractivity contribution is 0.366. The number of piperidine rings is 1. The summed E-state index contributed by atoms with van der Waals surface area (Å²) in [6.45, 7) is 1.82. The molecule has 0 amide bonds. The third-order valence-corrected chi connectivity index (χ3v) is 9.28. The number of halogens is 1. The molecule has 3 atom stereocenters. The molecule has 0 radical (unpaired) electrons. The Bertz CT molecular complexity index is 1210. The first-order chi connectivity index (χ1) is 15.3. The zero-order chi connectivity index (χ0) is 22.6. The molecule has 2 aromatic rings. The Morgan fingerprint density at radius 2 is 1.97 bits per heavy atom. The van der Waals surface area contributed by atoms with Gasteiger partial charge >= 0.3 is 10.1 Å². The van der Waals surface area contributed by atoms with Crippen molar-refractivity contribution in [2.45, 2.75) is 44.6 Å². The average Bonchev–Trinajstić information content (AvgIpc) is 3.48. The van der Waals surface area contributed by atoms with Crippen LogP contribution in [0.2, 0.25) is 0 Å². The van der Waals surface area contributed by atoms with Crippen molar-refractivity contribution in [1.82, 2.24) is 5.32 Å². The molecule has 32 heavy (non-hydrogen) atoms. The third-order valence-electron chi connectivity index (χ3n) is 7.04. The molecule has 5 rings (SSSR count). The van der Waals surface area contributed by atoms with Gasteiger partial charge in [-0.1, -0.05) is 65.4 Å². The summed E-state index contributed by atoms with van der Waals surface area (Å²) >= 11 is 9.53. The first kappa shape index (κ1) is 22.1. The van der Waals surface area contributed by atoms with Crippen molar-refractivity contribution in [3.63, 3.8) is 0 Å². The van der Waals surface area contributed by atoms with E-state index in [1.807, 2.05) is 25.1 Å². The van der Waals surface area contributed by atoms with Crippen LogP contribution in [0.25, 0.3) is 0 Å². The van der Waals surface area contributed by atoms with Crippen molar-refractivity contribution in [2.75, 3.05) is 5.75 Å². The number of hydrogen-bond donors (Lipinski definition) is 1. The summed E-state index contributed by atoms with van der Waals surface area (Å²) in [4.78, 5) is 0.926. The molecular formula is C25H26BrNO3S2. The SMILES string of the molecule is CCCS(=O)(=O)Oc1ccc(C2(c3cccc(Br)c3)NC(=S)C3CC34CCCC=C24)cc1. The summed E-state index contributed by atoms with van der Waals surface area (Å²) < 4.78 is 30.6. The molecule has 1 aliphatic heterocycles. The summed E-state index contributed by atoms with van der Waals surface area (Å²) in [5, 5.41) is 3.75. The molecule has 3 unspecified atom stereocenters. The fourth-order valence-corrected chi connectivity index (χ4v) is 7.48. The number of rotatable bonds is 6. The maximum atomic E-state index is 12.1. The van der Waals surface area contributed by atoms with Crippen LogP contribution in [0.4, 0.5) is 0 Å². The predicted molar refractivity (Wildman–Crippen MR) is 134 cm³/mol. The van der Waals surface area contributed by atoms with Crippen molar-refractivity contribution in [3.05, 3.63) is 75.8 Å². The average molecular weight is 533 g/mol. The van der Waals surface area contributed by atoms with Gasteiger partial charge in [-0.05, 0) is 73.1 Å². The normalized spacial score (nSPS) is 28.8. The van der Waals surface area contributed by atoms with Crippen LogP contribution in [0.1, 0.15) is 50.2 Å². The first-order valence-electron chi connectivity index (χ1n) is 11.1. The highest BCUT2D eigenvalue weighted by molar-refractivity contribution is 9.10.